The molecule has 8 aromatic carbocycles. The highest BCUT2D eigenvalue weighted by Gasteiger charge is 2.59. The lowest BCUT2D eigenvalue weighted by Gasteiger charge is -2.52. The fourth-order valence-corrected chi connectivity index (χ4v) is 16.1. The van der Waals surface area contributed by atoms with E-state index in [4.69, 9.17) is 0 Å². The lowest BCUT2D eigenvalue weighted by molar-refractivity contribution is 0.195. The predicted octanol–water partition coefficient (Wildman–Crippen LogP) is 16.1. The smallest absolute Gasteiger partial charge is 0.252 e. The number of hydrogen-bond acceptors (Lipinski definition) is 3. The van der Waals surface area contributed by atoms with Crippen molar-refractivity contribution < 1.29 is 0 Å². The van der Waals surface area contributed by atoms with Gasteiger partial charge in [-0.15, -0.1) is 0 Å². The maximum atomic E-state index is 2.82. The van der Waals surface area contributed by atoms with Crippen LogP contribution in [0, 0.1) is 0 Å². The van der Waals surface area contributed by atoms with Crippen LogP contribution in [0.15, 0.2) is 152 Å². The molecule has 360 valence electrons. The van der Waals surface area contributed by atoms with E-state index >= 15 is 0 Å². The maximum Gasteiger partial charge on any atom is 0.252 e. The molecule has 3 aliphatic carbocycles. The third-order valence-corrected chi connectivity index (χ3v) is 20.1. The van der Waals surface area contributed by atoms with E-state index in [-0.39, 0.29) is 39.3 Å². The standard InChI is InChI=1S/C69H66BN3/c1-64(2,3)41-29-32-57-54(36-41)70-55-37-42(65(4,5)6)35-53-63(55)72(58-28-20-23-47-45-21-13-15-25-51(45)69(53,11)61(47)58)60-40-44(73-56-27-17-16-26-52(56)67(9)33-18-19-34-68(67,73)10)39-59(62(60)70)71(57)43-30-31-50-48(38-43)46-22-12-14-24-49(46)66(50,7)8/h12-17,20-32,35-40H,18-19,33-34H2,1-11H3. The van der Waals surface area contributed by atoms with Gasteiger partial charge in [-0.25, -0.2) is 0 Å². The van der Waals surface area contributed by atoms with Crippen LogP contribution in [0.2, 0.25) is 0 Å². The molecular weight excluding hydrogens is 882 g/mol. The second-order valence-electron chi connectivity index (χ2n) is 26.2. The summed E-state index contributed by atoms with van der Waals surface area (Å²) in [5.41, 5.74) is 30.6. The minimum atomic E-state index is -0.348. The Balaban J connectivity index is 1.10. The molecule has 1 fully saturated rings. The van der Waals surface area contributed by atoms with E-state index in [1.165, 1.54) is 148 Å². The summed E-state index contributed by atoms with van der Waals surface area (Å²) in [6, 6.07) is 60.6. The van der Waals surface area contributed by atoms with E-state index in [0.29, 0.717) is 0 Å². The van der Waals surface area contributed by atoms with Crippen LogP contribution in [-0.2, 0) is 27.1 Å². The summed E-state index contributed by atoms with van der Waals surface area (Å²) in [5, 5.41) is 0. The van der Waals surface area contributed by atoms with E-state index in [9.17, 15) is 0 Å². The van der Waals surface area contributed by atoms with Crippen LogP contribution >= 0.6 is 0 Å². The molecule has 4 heterocycles. The van der Waals surface area contributed by atoms with Gasteiger partial charge in [0.25, 0.3) is 6.71 Å². The molecule has 4 aliphatic heterocycles. The topological polar surface area (TPSA) is 9.72 Å². The van der Waals surface area contributed by atoms with Crippen LogP contribution in [0.25, 0.3) is 22.3 Å². The fraction of sp³-hybridized carbons (Fsp3) is 0.304. The van der Waals surface area contributed by atoms with Crippen molar-refractivity contribution in [2.24, 2.45) is 0 Å². The van der Waals surface area contributed by atoms with E-state index in [2.05, 4.69) is 243 Å². The Bertz CT molecular complexity index is 3790. The number of fused-ring (bicyclic) bond motifs is 15. The van der Waals surface area contributed by atoms with E-state index < -0.39 is 0 Å². The van der Waals surface area contributed by atoms with E-state index in [0.717, 1.165) is 6.42 Å². The lowest BCUT2D eigenvalue weighted by Crippen LogP contribution is -2.63. The molecule has 0 amide bonds. The van der Waals surface area contributed by atoms with Gasteiger partial charge in [0.1, 0.15) is 0 Å². The third kappa shape index (κ3) is 5.28. The summed E-state index contributed by atoms with van der Waals surface area (Å²) < 4.78 is 0. The molecular formula is C69H66BN3. The first-order valence-corrected chi connectivity index (χ1v) is 27.3. The second-order valence-corrected chi connectivity index (χ2v) is 26.2. The summed E-state index contributed by atoms with van der Waals surface area (Å²) in [5.74, 6) is 0. The molecule has 3 unspecified atom stereocenters. The van der Waals surface area contributed by atoms with Crippen molar-refractivity contribution in [3.63, 3.8) is 0 Å². The first-order valence-electron chi connectivity index (χ1n) is 27.3. The fourth-order valence-electron chi connectivity index (χ4n) is 16.1. The van der Waals surface area contributed by atoms with E-state index in [1.807, 2.05) is 0 Å². The van der Waals surface area contributed by atoms with Crippen molar-refractivity contribution in [3.8, 4) is 22.3 Å². The average molecular weight is 948 g/mol. The summed E-state index contributed by atoms with van der Waals surface area (Å²) in [4.78, 5) is 8.28. The van der Waals surface area contributed by atoms with Gasteiger partial charge < -0.3 is 14.7 Å². The van der Waals surface area contributed by atoms with Gasteiger partial charge in [-0.1, -0.05) is 184 Å². The number of nitrogens with zero attached hydrogens (tertiary/aromatic N) is 3. The zero-order valence-corrected chi connectivity index (χ0v) is 44.7. The van der Waals surface area contributed by atoms with Gasteiger partial charge in [-0.05, 0) is 163 Å². The molecule has 0 bridgehead atoms. The van der Waals surface area contributed by atoms with Gasteiger partial charge in [0.2, 0.25) is 0 Å². The van der Waals surface area contributed by atoms with Gasteiger partial charge in [0.15, 0.2) is 0 Å². The highest BCUT2D eigenvalue weighted by Crippen LogP contribution is 2.65. The molecule has 4 heteroatoms. The molecule has 3 atom stereocenters. The molecule has 8 aromatic rings. The van der Waals surface area contributed by atoms with Gasteiger partial charge >= 0.3 is 0 Å². The van der Waals surface area contributed by atoms with Crippen molar-refractivity contribution in [1.29, 1.82) is 0 Å². The Morgan fingerprint density at radius 3 is 1.81 bits per heavy atom. The molecule has 1 saturated carbocycles. The monoisotopic (exact) mass is 948 g/mol. The first kappa shape index (κ1) is 43.8. The molecule has 0 radical (unpaired) electrons. The summed E-state index contributed by atoms with van der Waals surface area (Å²) in [7, 11) is 0. The summed E-state index contributed by atoms with van der Waals surface area (Å²) >= 11 is 0. The van der Waals surface area contributed by atoms with Crippen LogP contribution in [0.4, 0.5) is 45.5 Å². The first-order chi connectivity index (χ1) is 34.9. The third-order valence-electron chi connectivity index (χ3n) is 20.1. The van der Waals surface area contributed by atoms with Gasteiger partial charge in [-0.3, -0.25) is 0 Å². The summed E-state index contributed by atoms with van der Waals surface area (Å²) in [6.07, 6.45) is 4.82. The molecule has 3 nitrogen and oxygen atoms in total. The van der Waals surface area contributed by atoms with Crippen molar-refractivity contribution >= 4 is 68.6 Å². The van der Waals surface area contributed by atoms with Crippen molar-refractivity contribution in [2.75, 3.05) is 14.7 Å². The molecule has 0 saturated heterocycles. The van der Waals surface area contributed by atoms with Crippen molar-refractivity contribution in [3.05, 3.63) is 196 Å². The van der Waals surface area contributed by atoms with Crippen molar-refractivity contribution in [2.45, 2.75) is 134 Å². The normalized spacial score (nSPS) is 22.7. The predicted molar refractivity (Wildman–Crippen MR) is 309 cm³/mol. The van der Waals surface area contributed by atoms with Crippen LogP contribution in [0.3, 0.4) is 0 Å². The highest BCUT2D eigenvalue weighted by molar-refractivity contribution is 7.00. The molecule has 73 heavy (non-hydrogen) atoms. The number of para-hydroxylation sites is 1. The van der Waals surface area contributed by atoms with Gasteiger partial charge in [-0.2, -0.15) is 0 Å². The van der Waals surface area contributed by atoms with Crippen LogP contribution < -0.4 is 31.1 Å². The molecule has 0 N–H and O–H groups in total. The minimum absolute atomic E-state index is 0.00935. The number of benzene rings is 8. The largest absolute Gasteiger partial charge is 0.334 e. The molecule has 0 spiro atoms. The molecule has 7 aliphatic rings. The van der Waals surface area contributed by atoms with Crippen LogP contribution in [0.1, 0.15) is 146 Å². The number of anilines is 8. The van der Waals surface area contributed by atoms with E-state index in [1.54, 1.807) is 0 Å². The zero-order chi connectivity index (χ0) is 50.1. The maximum absolute atomic E-state index is 2.82. The van der Waals surface area contributed by atoms with Crippen LogP contribution in [0.5, 0.6) is 0 Å². The van der Waals surface area contributed by atoms with Gasteiger partial charge in [0, 0.05) is 56.1 Å². The second kappa shape index (κ2) is 13.9. The Kier molecular flexibility index (Phi) is 8.32. The SMILES string of the molecule is CC(C)(C)c1ccc2c(c1)B1c3cc(C(C)(C)C)cc4c3N(c3cc(N5c6ccccc6C6(C)CCCCC56C)cc(c31)N2c1ccc2c(c1)-c1ccccc1C2(C)C)c1cccc2c1C4(C)c1ccccc1-2. The highest BCUT2D eigenvalue weighted by atomic mass is 15.3. The Morgan fingerprint density at radius 2 is 1.05 bits per heavy atom. The van der Waals surface area contributed by atoms with Crippen LogP contribution in [-0.4, -0.2) is 12.3 Å². The Morgan fingerprint density at radius 1 is 0.438 bits per heavy atom. The van der Waals surface area contributed by atoms with Gasteiger partial charge in [0.05, 0.1) is 11.2 Å². The Labute approximate surface area is 434 Å². The number of rotatable bonds is 2. The van der Waals surface area contributed by atoms with Crippen molar-refractivity contribution in [1.82, 2.24) is 0 Å². The quantitative estimate of drug-likeness (QED) is 0.160. The summed E-state index contributed by atoms with van der Waals surface area (Å²) in [6.45, 7) is 26.9. The minimum Gasteiger partial charge on any atom is -0.334 e. The molecule has 15 rings (SSSR count). The Hall–Kier alpha value is -6.78. The molecule has 0 aromatic heterocycles. The average Bonchev–Trinajstić information content (AvgIpc) is 3.87. The lowest BCUT2D eigenvalue weighted by atomic mass is 9.32. The zero-order valence-electron chi connectivity index (χ0n) is 44.7. The number of hydrogen-bond donors (Lipinski definition) is 0.